The summed E-state index contributed by atoms with van der Waals surface area (Å²) < 4.78 is 30.9. The zero-order valence-corrected chi connectivity index (χ0v) is 22.9. The minimum Gasteiger partial charge on any atom is -0.458 e. The average molecular weight is 523 g/mol. The van der Waals surface area contributed by atoms with E-state index in [2.05, 4.69) is 20.4 Å². The Morgan fingerprint density at radius 1 is 1.19 bits per heavy atom. The molecule has 0 aromatic rings. The number of carbonyl (C=O) groups is 3. The summed E-state index contributed by atoms with van der Waals surface area (Å²) in [6.45, 7) is 15.0. The highest BCUT2D eigenvalue weighted by Crippen LogP contribution is 2.63. The van der Waals surface area contributed by atoms with E-state index in [0.29, 0.717) is 37.9 Å². The summed E-state index contributed by atoms with van der Waals surface area (Å²) in [4.78, 5) is 37.4. The Labute approximate surface area is 219 Å². The Morgan fingerprint density at radius 3 is 2.41 bits per heavy atom. The third-order valence-electron chi connectivity index (χ3n) is 8.74. The van der Waals surface area contributed by atoms with E-state index in [1.54, 1.807) is 0 Å². The molecule has 0 unspecified atom stereocenters. The van der Waals surface area contributed by atoms with E-state index >= 15 is 0 Å². The number of rotatable bonds is 6. The van der Waals surface area contributed by atoms with Crippen LogP contribution in [0.5, 0.6) is 0 Å². The highest BCUT2D eigenvalue weighted by Gasteiger charge is 2.76. The number of hydrogen-bond acceptors (Lipinski definition) is 9. The highest BCUT2D eigenvalue weighted by molar-refractivity contribution is 5.70. The third-order valence-corrected chi connectivity index (χ3v) is 8.74. The summed E-state index contributed by atoms with van der Waals surface area (Å²) in [6, 6.07) is 0. The second kappa shape index (κ2) is 10.3. The van der Waals surface area contributed by atoms with Crippen LogP contribution in [0.1, 0.15) is 73.6 Å². The van der Waals surface area contributed by atoms with Crippen molar-refractivity contribution in [2.45, 2.75) is 115 Å². The number of aliphatic hydroxyl groups excluding tert-OH is 1. The van der Waals surface area contributed by atoms with Crippen LogP contribution >= 0.6 is 0 Å². The molecule has 9 nitrogen and oxygen atoms in total. The van der Waals surface area contributed by atoms with Crippen LogP contribution in [-0.4, -0.2) is 71.3 Å². The van der Waals surface area contributed by atoms with Gasteiger partial charge >= 0.3 is 17.9 Å². The fourth-order valence-electron chi connectivity index (χ4n) is 7.27. The molecule has 4 rings (SSSR count). The minimum atomic E-state index is -1.04. The number of ether oxygens (including phenoxy) is 5. The molecule has 208 valence electrons. The van der Waals surface area contributed by atoms with Crippen LogP contribution in [0.4, 0.5) is 0 Å². The number of fused-ring (bicyclic) bond motifs is 6. The number of aliphatic hydroxyl groups is 1. The van der Waals surface area contributed by atoms with Gasteiger partial charge in [-0.1, -0.05) is 27.4 Å². The maximum absolute atomic E-state index is 12.8. The van der Waals surface area contributed by atoms with Gasteiger partial charge in [-0.3, -0.25) is 14.4 Å². The lowest BCUT2D eigenvalue weighted by molar-refractivity contribution is -0.208. The quantitative estimate of drug-likeness (QED) is 0.243. The van der Waals surface area contributed by atoms with Crippen LogP contribution < -0.4 is 0 Å². The number of esters is 3. The molecule has 0 amide bonds. The Bertz CT molecular complexity index is 925. The molecule has 3 saturated heterocycles. The van der Waals surface area contributed by atoms with Gasteiger partial charge < -0.3 is 28.8 Å². The van der Waals surface area contributed by atoms with Crippen molar-refractivity contribution in [3.8, 4) is 0 Å². The summed E-state index contributed by atoms with van der Waals surface area (Å²) >= 11 is 0. The van der Waals surface area contributed by atoms with Crippen LogP contribution in [0, 0.1) is 23.7 Å². The molecule has 2 bridgehead atoms. The zero-order valence-electron chi connectivity index (χ0n) is 22.9. The van der Waals surface area contributed by atoms with Gasteiger partial charge in [-0.05, 0) is 44.1 Å². The van der Waals surface area contributed by atoms with Gasteiger partial charge in [-0.2, -0.15) is 0 Å². The van der Waals surface area contributed by atoms with Gasteiger partial charge in [0.05, 0.1) is 18.8 Å². The molecule has 1 saturated carbocycles. The molecule has 0 aromatic heterocycles. The van der Waals surface area contributed by atoms with E-state index in [4.69, 9.17) is 23.7 Å². The van der Waals surface area contributed by atoms with Crippen molar-refractivity contribution in [1.29, 1.82) is 0 Å². The summed E-state index contributed by atoms with van der Waals surface area (Å²) in [6.07, 6.45) is -1.21. The SMILES string of the molecule is C=C1C[C@H]2O[C@H]([C@@H]3[C@@H](C(C)C)[C@H](OC(C)=O)[C@H](OC(=O)CCC)[C@]4(CO4)[C@@H]32)[C@](C)(OC(C)=O)CC[C@@H]1O. The Hall–Kier alpha value is -1.97. The summed E-state index contributed by atoms with van der Waals surface area (Å²) in [7, 11) is 0. The topological polar surface area (TPSA) is 121 Å². The first-order valence-electron chi connectivity index (χ1n) is 13.6. The van der Waals surface area contributed by atoms with Gasteiger partial charge in [0.25, 0.3) is 0 Å². The van der Waals surface area contributed by atoms with Crippen molar-refractivity contribution < 1.29 is 43.2 Å². The first-order valence-corrected chi connectivity index (χ1v) is 13.6. The normalized spacial score (nSPS) is 42.9. The smallest absolute Gasteiger partial charge is 0.306 e. The molecule has 1 spiro atoms. The molecular formula is C28H42O9. The van der Waals surface area contributed by atoms with E-state index < -0.39 is 53.7 Å². The molecule has 0 aromatic carbocycles. The Morgan fingerprint density at radius 2 is 1.86 bits per heavy atom. The van der Waals surface area contributed by atoms with E-state index in [0.717, 1.165) is 0 Å². The largest absolute Gasteiger partial charge is 0.458 e. The molecule has 9 heteroatoms. The second-order valence-corrected chi connectivity index (χ2v) is 11.8. The van der Waals surface area contributed by atoms with Gasteiger partial charge in [0.15, 0.2) is 6.10 Å². The van der Waals surface area contributed by atoms with Crippen LogP contribution in [0.25, 0.3) is 0 Å². The molecule has 4 aliphatic rings. The third kappa shape index (κ3) is 5.06. The van der Waals surface area contributed by atoms with Gasteiger partial charge in [0, 0.05) is 38.0 Å². The molecule has 1 N–H and O–H groups in total. The molecule has 3 heterocycles. The van der Waals surface area contributed by atoms with E-state index in [-0.39, 0.29) is 36.1 Å². The van der Waals surface area contributed by atoms with Crippen LogP contribution in [0.2, 0.25) is 0 Å². The fourth-order valence-corrected chi connectivity index (χ4v) is 7.27. The zero-order chi connectivity index (χ0) is 27.3. The van der Waals surface area contributed by atoms with Crippen molar-refractivity contribution >= 4 is 17.9 Å². The van der Waals surface area contributed by atoms with Gasteiger partial charge in [-0.15, -0.1) is 0 Å². The molecule has 3 aliphatic heterocycles. The number of epoxide rings is 1. The van der Waals surface area contributed by atoms with E-state index in [1.165, 1.54) is 13.8 Å². The minimum absolute atomic E-state index is 0.0171. The predicted octanol–water partition coefficient (Wildman–Crippen LogP) is 3.11. The van der Waals surface area contributed by atoms with Crippen LogP contribution in [-0.2, 0) is 38.1 Å². The lowest BCUT2D eigenvalue weighted by Crippen LogP contribution is -2.65. The van der Waals surface area contributed by atoms with Crippen LogP contribution in [0.15, 0.2) is 12.2 Å². The van der Waals surface area contributed by atoms with Gasteiger partial charge in [0.2, 0.25) is 0 Å². The fraction of sp³-hybridized carbons (Fsp3) is 0.821. The molecule has 4 fully saturated rings. The Balaban J connectivity index is 1.86. The van der Waals surface area contributed by atoms with Crippen molar-refractivity contribution in [3.05, 3.63) is 12.2 Å². The van der Waals surface area contributed by atoms with E-state index in [1.807, 2.05) is 13.8 Å². The maximum Gasteiger partial charge on any atom is 0.306 e. The summed E-state index contributed by atoms with van der Waals surface area (Å²) in [5.41, 5.74) is -1.29. The highest BCUT2D eigenvalue weighted by atomic mass is 16.7. The van der Waals surface area contributed by atoms with Crippen LogP contribution in [0.3, 0.4) is 0 Å². The maximum atomic E-state index is 12.8. The lowest BCUT2D eigenvalue weighted by Gasteiger charge is -2.51. The van der Waals surface area contributed by atoms with Crippen molar-refractivity contribution in [1.82, 2.24) is 0 Å². The predicted molar refractivity (Wildman–Crippen MR) is 132 cm³/mol. The van der Waals surface area contributed by atoms with Crippen molar-refractivity contribution in [2.75, 3.05) is 6.61 Å². The average Bonchev–Trinajstić information content (AvgIpc) is 3.47. The second-order valence-electron chi connectivity index (χ2n) is 11.8. The Kier molecular flexibility index (Phi) is 7.81. The van der Waals surface area contributed by atoms with E-state index in [9.17, 15) is 19.5 Å². The molecule has 0 radical (unpaired) electrons. The monoisotopic (exact) mass is 522 g/mol. The standard InChI is InChI=1S/C28H42O9/c1-8-9-20(32)36-26-24(34-16(5)29)21(14(2)3)22-23(28(26)13-33-28)19-12-15(4)18(31)10-11-27(7,25(22)35-19)37-17(6)30/h14,18-19,21-26,31H,4,8-13H2,1-3,5-7H3/t18-,19+,21+,22+,23+,24-,25+,26-,27+,28-/m0/s1. The van der Waals surface area contributed by atoms with Crippen molar-refractivity contribution in [2.24, 2.45) is 23.7 Å². The molecule has 37 heavy (non-hydrogen) atoms. The first kappa shape index (κ1) is 28.0. The van der Waals surface area contributed by atoms with Gasteiger partial charge in [-0.25, -0.2) is 0 Å². The summed E-state index contributed by atoms with van der Waals surface area (Å²) in [5.74, 6) is -1.96. The number of hydrogen-bond donors (Lipinski definition) is 1. The molecule has 10 atom stereocenters. The van der Waals surface area contributed by atoms with Gasteiger partial charge in [0.1, 0.15) is 23.4 Å². The lowest BCUT2D eigenvalue weighted by atomic mass is 9.56. The molecular weight excluding hydrogens is 480 g/mol. The van der Waals surface area contributed by atoms with Crippen molar-refractivity contribution in [3.63, 3.8) is 0 Å². The number of carbonyl (C=O) groups excluding carboxylic acids is 3. The summed E-state index contributed by atoms with van der Waals surface area (Å²) in [5, 5.41) is 10.8. The first-order chi connectivity index (χ1) is 17.3. The molecule has 1 aliphatic carbocycles.